The minimum absolute atomic E-state index is 0.0370. The van der Waals surface area contributed by atoms with Gasteiger partial charge in [0, 0.05) is 17.6 Å². The molecule has 78 valence electrons. The van der Waals surface area contributed by atoms with Gasteiger partial charge in [0.15, 0.2) is 0 Å². The molecule has 0 saturated carbocycles. The Morgan fingerprint density at radius 1 is 1.50 bits per heavy atom. The quantitative estimate of drug-likeness (QED) is 0.537. The fourth-order valence-electron chi connectivity index (χ4n) is 1.60. The number of hydrogen-bond donors (Lipinski definition) is 0. The predicted molar refractivity (Wildman–Crippen MR) is 57.8 cm³/mol. The molecule has 0 aliphatic heterocycles. The molecular weight excluding hydrogens is 206 g/mol. The third-order valence-electron chi connectivity index (χ3n) is 2.46. The Bertz CT molecular complexity index is 629. The molecule has 0 amide bonds. The van der Waals surface area contributed by atoms with Crippen molar-refractivity contribution in [1.29, 1.82) is 5.26 Å². The van der Waals surface area contributed by atoms with Crippen LogP contribution in [-0.4, -0.2) is 9.91 Å². The zero-order chi connectivity index (χ0) is 11.7. The van der Waals surface area contributed by atoms with Gasteiger partial charge in [-0.15, -0.1) is 0 Å². The number of aromatic nitrogens is 1. The van der Waals surface area contributed by atoms with Crippen molar-refractivity contribution in [2.45, 2.75) is 6.92 Å². The van der Waals surface area contributed by atoms with Crippen LogP contribution in [0.15, 0.2) is 24.4 Å². The monoisotopic (exact) mass is 213 g/mol. The summed E-state index contributed by atoms with van der Waals surface area (Å²) in [4.78, 5) is 14.3. The highest BCUT2D eigenvalue weighted by Crippen LogP contribution is 2.26. The van der Waals surface area contributed by atoms with E-state index in [1.54, 1.807) is 19.1 Å². The number of benzene rings is 1. The van der Waals surface area contributed by atoms with Crippen molar-refractivity contribution in [2.75, 3.05) is 0 Å². The first-order valence-electron chi connectivity index (χ1n) is 4.58. The van der Waals surface area contributed by atoms with Crippen molar-refractivity contribution < 1.29 is 4.92 Å². The molecule has 0 saturated heterocycles. The molecule has 2 rings (SSSR count). The van der Waals surface area contributed by atoms with Gasteiger partial charge in [-0.2, -0.15) is 5.26 Å². The lowest BCUT2D eigenvalue weighted by Crippen LogP contribution is -1.94. The third-order valence-corrected chi connectivity index (χ3v) is 2.46. The number of pyridine rings is 1. The van der Waals surface area contributed by atoms with Gasteiger partial charge in [-0.25, -0.2) is 4.98 Å². The summed E-state index contributed by atoms with van der Waals surface area (Å²) in [5.41, 5.74) is 1.44. The highest BCUT2D eigenvalue weighted by atomic mass is 16.6. The van der Waals surface area contributed by atoms with E-state index in [1.165, 1.54) is 12.3 Å². The number of fused-ring (bicyclic) bond motifs is 1. The van der Waals surface area contributed by atoms with Crippen molar-refractivity contribution in [3.05, 3.63) is 45.6 Å². The molecule has 1 aromatic carbocycles. The van der Waals surface area contributed by atoms with Crippen LogP contribution in [0.25, 0.3) is 10.9 Å². The normalized spacial score (nSPS) is 10.0. The maximum atomic E-state index is 10.8. The van der Waals surface area contributed by atoms with E-state index < -0.39 is 4.92 Å². The van der Waals surface area contributed by atoms with E-state index in [0.717, 1.165) is 5.56 Å². The number of para-hydroxylation sites is 1. The van der Waals surface area contributed by atoms with Crippen LogP contribution in [0.2, 0.25) is 0 Å². The number of aryl methyl sites for hydroxylation is 1. The largest absolute Gasteiger partial charge is 0.295 e. The van der Waals surface area contributed by atoms with Crippen LogP contribution in [0.1, 0.15) is 11.1 Å². The second-order valence-corrected chi connectivity index (χ2v) is 3.34. The van der Waals surface area contributed by atoms with E-state index in [2.05, 4.69) is 4.98 Å². The molecule has 16 heavy (non-hydrogen) atoms. The summed E-state index contributed by atoms with van der Waals surface area (Å²) < 4.78 is 0. The summed E-state index contributed by atoms with van der Waals surface area (Å²) in [6, 6.07) is 6.73. The Morgan fingerprint density at radius 3 is 2.88 bits per heavy atom. The van der Waals surface area contributed by atoms with Crippen molar-refractivity contribution in [3.63, 3.8) is 0 Å². The number of non-ortho nitro benzene ring substituents is 1. The maximum Gasteiger partial charge on any atom is 0.295 e. The summed E-state index contributed by atoms with van der Waals surface area (Å²) >= 11 is 0. The average Bonchev–Trinajstić information content (AvgIpc) is 2.29. The molecule has 1 aromatic heterocycles. The fraction of sp³-hybridized carbons (Fsp3) is 0.0909. The van der Waals surface area contributed by atoms with Crippen LogP contribution in [0.5, 0.6) is 0 Å². The van der Waals surface area contributed by atoms with Gasteiger partial charge in [0.1, 0.15) is 11.6 Å². The number of nitrogens with zero attached hydrogens (tertiary/aromatic N) is 3. The highest BCUT2D eigenvalue weighted by Gasteiger charge is 2.14. The molecule has 1 heterocycles. The minimum atomic E-state index is -0.471. The lowest BCUT2D eigenvalue weighted by atomic mass is 10.1. The first-order valence-corrected chi connectivity index (χ1v) is 4.58. The predicted octanol–water partition coefficient (Wildman–Crippen LogP) is 2.32. The van der Waals surface area contributed by atoms with Crippen LogP contribution in [0, 0.1) is 28.4 Å². The van der Waals surface area contributed by atoms with Gasteiger partial charge in [0.25, 0.3) is 5.69 Å². The molecule has 5 nitrogen and oxygen atoms in total. The Labute approximate surface area is 91.1 Å². The van der Waals surface area contributed by atoms with Crippen molar-refractivity contribution >= 4 is 16.6 Å². The Balaban J connectivity index is 2.89. The van der Waals surface area contributed by atoms with Gasteiger partial charge in [0.05, 0.1) is 10.5 Å². The standard InChI is InChI=1S/C11H7N3O2/c1-7-8(5-12)6-13-11-9(7)3-2-4-10(11)14(15)16/h2-4,6H,1H3. The first kappa shape index (κ1) is 10.1. The molecule has 0 fully saturated rings. The van der Waals surface area contributed by atoms with Gasteiger partial charge in [-0.05, 0) is 12.5 Å². The fourth-order valence-corrected chi connectivity index (χ4v) is 1.60. The van der Waals surface area contributed by atoms with E-state index in [4.69, 9.17) is 5.26 Å². The summed E-state index contributed by atoms with van der Waals surface area (Å²) in [6.45, 7) is 1.76. The molecule has 0 atom stereocenters. The van der Waals surface area contributed by atoms with Crippen LogP contribution in [0.3, 0.4) is 0 Å². The Morgan fingerprint density at radius 2 is 2.25 bits per heavy atom. The number of nitriles is 1. The van der Waals surface area contributed by atoms with Crippen molar-refractivity contribution in [1.82, 2.24) is 4.98 Å². The number of rotatable bonds is 1. The molecule has 5 heteroatoms. The van der Waals surface area contributed by atoms with Gasteiger partial charge >= 0.3 is 0 Å². The molecule has 0 unspecified atom stereocenters. The Hall–Kier alpha value is -2.48. The lowest BCUT2D eigenvalue weighted by molar-refractivity contribution is -0.383. The van der Waals surface area contributed by atoms with E-state index in [-0.39, 0.29) is 5.69 Å². The van der Waals surface area contributed by atoms with Gasteiger partial charge in [0.2, 0.25) is 0 Å². The van der Waals surface area contributed by atoms with Gasteiger partial charge in [-0.1, -0.05) is 12.1 Å². The summed E-state index contributed by atoms with van der Waals surface area (Å²) in [7, 11) is 0. The van der Waals surface area contributed by atoms with Crippen molar-refractivity contribution in [3.8, 4) is 6.07 Å². The maximum absolute atomic E-state index is 10.8. The van der Waals surface area contributed by atoms with E-state index in [9.17, 15) is 10.1 Å². The van der Waals surface area contributed by atoms with E-state index in [0.29, 0.717) is 16.5 Å². The first-order chi connectivity index (χ1) is 7.65. The molecule has 0 aliphatic carbocycles. The number of nitro benzene ring substituents is 1. The average molecular weight is 213 g/mol. The summed E-state index contributed by atoms with van der Waals surface area (Å²) in [5.74, 6) is 0. The van der Waals surface area contributed by atoms with Crippen LogP contribution >= 0.6 is 0 Å². The van der Waals surface area contributed by atoms with Gasteiger partial charge < -0.3 is 0 Å². The lowest BCUT2D eigenvalue weighted by Gasteiger charge is -2.03. The molecular formula is C11H7N3O2. The van der Waals surface area contributed by atoms with Gasteiger partial charge in [-0.3, -0.25) is 10.1 Å². The van der Waals surface area contributed by atoms with Crippen LogP contribution in [0.4, 0.5) is 5.69 Å². The smallest absolute Gasteiger partial charge is 0.258 e. The Kier molecular flexibility index (Phi) is 2.25. The van der Waals surface area contributed by atoms with Crippen LogP contribution < -0.4 is 0 Å². The highest BCUT2D eigenvalue weighted by molar-refractivity contribution is 5.90. The minimum Gasteiger partial charge on any atom is -0.258 e. The zero-order valence-corrected chi connectivity index (χ0v) is 8.47. The summed E-state index contributed by atoms with van der Waals surface area (Å²) in [5, 5.41) is 20.3. The SMILES string of the molecule is Cc1c(C#N)cnc2c([N+](=O)[O-])cccc12. The molecule has 0 N–H and O–H groups in total. The molecule has 0 bridgehead atoms. The second-order valence-electron chi connectivity index (χ2n) is 3.34. The number of nitro groups is 1. The molecule has 0 radical (unpaired) electrons. The van der Waals surface area contributed by atoms with E-state index >= 15 is 0 Å². The molecule has 0 aliphatic rings. The topological polar surface area (TPSA) is 79.8 Å². The number of hydrogen-bond acceptors (Lipinski definition) is 4. The summed E-state index contributed by atoms with van der Waals surface area (Å²) in [6.07, 6.45) is 1.37. The van der Waals surface area contributed by atoms with Crippen LogP contribution in [-0.2, 0) is 0 Å². The third kappa shape index (κ3) is 1.37. The second kappa shape index (κ2) is 3.59. The molecule has 2 aromatic rings. The molecule has 0 spiro atoms. The zero-order valence-electron chi connectivity index (χ0n) is 8.47. The van der Waals surface area contributed by atoms with E-state index in [1.807, 2.05) is 6.07 Å². The van der Waals surface area contributed by atoms with Crippen molar-refractivity contribution in [2.24, 2.45) is 0 Å².